The first kappa shape index (κ1) is 15.2. The van der Waals surface area contributed by atoms with Crippen LogP contribution in [0.15, 0.2) is 0 Å². The van der Waals surface area contributed by atoms with Crippen LogP contribution in [0, 0.1) is 0 Å². The summed E-state index contributed by atoms with van der Waals surface area (Å²) < 4.78 is 5.41. The molecule has 5 heteroatoms. The van der Waals surface area contributed by atoms with Gasteiger partial charge in [-0.1, -0.05) is 0 Å². The second-order valence-electron chi connectivity index (χ2n) is 5.42. The molecule has 18 heavy (non-hydrogen) atoms. The van der Waals surface area contributed by atoms with Crippen molar-refractivity contribution in [1.82, 2.24) is 10.2 Å². The van der Waals surface area contributed by atoms with Gasteiger partial charge < -0.3 is 20.1 Å². The molecule has 0 aliphatic carbocycles. The average Bonchev–Trinajstić information content (AvgIpc) is 2.71. The van der Waals surface area contributed by atoms with E-state index in [1.165, 1.54) is 0 Å². The van der Waals surface area contributed by atoms with Gasteiger partial charge in [0.05, 0.1) is 18.2 Å². The summed E-state index contributed by atoms with van der Waals surface area (Å²) in [6, 6.07) is -0.0754. The highest BCUT2D eigenvalue weighted by Gasteiger charge is 2.38. The molecule has 1 heterocycles. The molecule has 106 valence electrons. The molecule has 0 unspecified atom stereocenters. The van der Waals surface area contributed by atoms with Crippen LogP contribution in [0.5, 0.6) is 0 Å². The normalized spacial score (nSPS) is 23.7. The SMILES string of the molecule is CC(C)OCCCNC(=O)N1CCC[C@@]1(C)CO. The van der Waals surface area contributed by atoms with Crippen molar-refractivity contribution in [3.63, 3.8) is 0 Å². The van der Waals surface area contributed by atoms with E-state index in [0.717, 1.165) is 25.8 Å². The molecule has 1 fully saturated rings. The summed E-state index contributed by atoms with van der Waals surface area (Å²) in [6.45, 7) is 7.95. The van der Waals surface area contributed by atoms with Crippen LogP contribution in [0.1, 0.15) is 40.0 Å². The Morgan fingerprint density at radius 1 is 1.56 bits per heavy atom. The maximum Gasteiger partial charge on any atom is 0.317 e. The van der Waals surface area contributed by atoms with Crippen molar-refractivity contribution in [2.45, 2.75) is 51.7 Å². The number of carbonyl (C=O) groups excluding carboxylic acids is 1. The summed E-state index contributed by atoms with van der Waals surface area (Å²) >= 11 is 0. The molecule has 1 rings (SSSR count). The van der Waals surface area contributed by atoms with Gasteiger partial charge in [0.2, 0.25) is 0 Å². The zero-order valence-electron chi connectivity index (χ0n) is 11.7. The highest BCUT2D eigenvalue weighted by Crippen LogP contribution is 2.28. The minimum absolute atomic E-state index is 0.0247. The van der Waals surface area contributed by atoms with Crippen LogP contribution in [-0.4, -0.2) is 54.0 Å². The third-order valence-corrected chi connectivity index (χ3v) is 3.38. The number of carbonyl (C=O) groups is 1. The highest BCUT2D eigenvalue weighted by atomic mass is 16.5. The molecule has 0 saturated carbocycles. The molecule has 0 aromatic heterocycles. The Hall–Kier alpha value is -0.810. The van der Waals surface area contributed by atoms with Gasteiger partial charge in [-0.3, -0.25) is 0 Å². The van der Waals surface area contributed by atoms with Gasteiger partial charge in [0.15, 0.2) is 0 Å². The molecule has 0 aromatic rings. The van der Waals surface area contributed by atoms with Crippen molar-refractivity contribution < 1.29 is 14.6 Å². The maximum absolute atomic E-state index is 12.0. The number of hydrogen-bond donors (Lipinski definition) is 2. The fraction of sp³-hybridized carbons (Fsp3) is 0.923. The standard InChI is InChI=1S/C13H26N2O3/c1-11(2)18-9-5-7-14-12(17)15-8-4-6-13(15,3)10-16/h11,16H,4-10H2,1-3H3,(H,14,17)/t13-/m0/s1. The monoisotopic (exact) mass is 258 g/mol. The van der Waals surface area contributed by atoms with Crippen LogP contribution in [0.3, 0.4) is 0 Å². The Kier molecular flexibility index (Phi) is 5.88. The molecule has 2 N–H and O–H groups in total. The molecular formula is C13H26N2O3. The number of hydrogen-bond acceptors (Lipinski definition) is 3. The van der Waals surface area contributed by atoms with E-state index in [1.54, 1.807) is 4.90 Å². The largest absolute Gasteiger partial charge is 0.394 e. The summed E-state index contributed by atoms with van der Waals surface area (Å²) in [4.78, 5) is 13.7. The molecule has 1 aliphatic heterocycles. The molecule has 0 spiro atoms. The van der Waals surface area contributed by atoms with Crippen LogP contribution in [0.2, 0.25) is 0 Å². The molecule has 2 amide bonds. The smallest absolute Gasteiger partial charge is 0.317 e. The van der Waals surface area contributed by atoms with Crippen molar-refractivity contribution in [1.29, 1.82) is 0 Å². The van der Waals surface area contributed by atoms with Crippen molar-refractivity contribution in [2.24, 2.45) is 0 Å². The number of nitrogens with one attached hydrogen (secondary N) is 1. The highest BCUT2D eigenvalue weighted by molar-refractivity contribution is 5.75. The van der Waals surface area contributed by atoms with E-state index < -0.39 is 5.54 Å². The minimum atomic E-state index is -0.390. The Bertz CT molecular complexity index is 271. The van der Waals surface area contributed by atoms with Crippen LogP contribution in [0.4, 0.5) is 4.79 Å². The summed E-state index contributed by atoms with van der Waals surface area (Å²) in [5, 5.41) is 12.3. The topological polar surface area (TPSA) is 61.8 Å². The van der Waals surface area contributed by atoms with Crippen molar-refractivity contribution in [3.8, 4) is 0 Å². The first-order valence-electron chi connectivity index (χ1n) is 6.77. The van der Waals surface area contributed by atoms with Gasteiger partial charge >= 0.3 is 6.03 Å². The first-order chi connectivity index (χ1) is 8.49. The van der Waals surface area contributed by atoms with Gasteiger partial charge in [0, 0.05) is 19.7 Å². The summed E-state index contributed by atoms with van der Waals surface area (Å²) in [7, 11) is 0. The zero-order valence-corrected chi connectivity index (χ0v) is 11.7. The van der Waals surface area contributed by atoms with Gasteiger partial charge in [-0.05, 0) is 40.0 Å². The lowest BCUT2D eigenvalue weighted by atomic mass is 10.0. The fourth-order valence-electron chi connectivity index (χ4n) is 2.22. The van der Waals surface area contributed by atoms with E-state index >= 15 is 0 Å². The number of likely N-dealkylation sites (tertiary alicyclic amines) is 1. The van der Waals surface area contributed by atoms with E-state index in [0.29, 0.717) is 13.2 Å². The molecular weight excluding hydrogens is 232 g/mol. The van der Waals surface area contributed by atoms with Crippen LogP contribution < -0.4 is 5.32 Å². The fourth-order valence-corrected chi connectivity index (χ4v) is 2.22. The van der Waals surface area contributed by atoms with Gasteiger partial charge in [0.1, 0.15) is 0 Å². The Balaban J connectivity index is 2.24. The van der Waals surface area contributed by atoms with Crippen LogP contribution in [-0.2, 0) is 4.74 Å². The van der Waals surface area contributed by atoms with Crippen molar-refractivity contribution in [3.05, 3.63) is 0 Å². The van der Waals surface area contributed by atoms with E-state index in [9.17, 15) is 9.90 Å². The van der Waals surface area contributed by atoms with E-state index in [1.807, 2.05) is 20.8 Å². The van der Waals surface area contributed by atoms with Gasteiger partial charge in [-0.2, -0.15) is 0 Å². The predicted octanol–water partition coefficient (Wildman–Crippen LogP) is 1.36. The van der Waals surface area contributed by atoms with Gasteiger partial charge in [0.25, 0.3) is 0 Å². The lowest BCUT2D eigenvalue weighted by Crippen LogP contribution is -2.51. The van der Waals surface area contributed by atoms with Gasteiger partial charge in [-0.25, -0.2) is 4.79 Å². The molecule has 0 radical (unpaired) electrons. The number of amides is 2. The van der Waals surface area contributed by atoms with E-state index in [2.05, 4.69) is 5.32 Å². The zero-order chi connectivity index (χ0) is 13.6. The van der Waals surface area contributed by atoms with Gasteiger partial charge in [-0.15, -0.1) is 0 Å². The van der Waals surface area contributed by atoms with Crippen LogP contribution in [0.25, 0.3) is 0 Å². The number of urea groups is 1. The van der Waals surface area contributed by atoms with Crippen molar-refractivity contribution >= 4 is 6.03 Å². The summed E-state index contributed by atoms with van der Waals surface area (Å²) in [5.74, 6) is 0. The maximum atomic E-state index is 12.0. The third kappa shape index (κ3) is 4.14. The quantitative estimate of drug-likeness (QED) is 0.707. The average molecular weight is 258 g/mol. The van der Waals surface area contributed by atoms with Crippen molar-refractivity contribution in [2.75, 3.05) is 26.3 Å². The number of aliphatic hydroxyl groups excluding tert-OH is 1. The van der Waals surface area contributed by atoms with E-state index in [-0.39, 0.29) is 18.7 Å². The second-order valence-corrected chi connectivity index (χ2v) is 5.42. The molecule has 5 nitrogen and oxygen atoms in total. The third-order valence-electron chi connectivity index (χ3n) is 3.38. The number of aliphatic hydroxyl groups is 1. The number of rotatable bonds is 6. The van der Waals surface area contributed by atoms with Crippen LogP contribution >= 0.6 is 0 Å². The lowest BCUT2D eigenvalue weighted by molar-refractivity contribution is 0.0757. The van der Waals surface area contributed by atoms with E-state index in [4.69, 9.17) is 4.74 Å². The first-order valence-corrected chi connectivity index (χ1v) is 6.77. The Labute approximate surface area is 109 Å². The molecule has 0 bridgehead atoms. The molecule has 1 saturated heterocycles. The Morgan fingerprint density at radius 3 is 2.89 bits per heavy atom. The molecule has 1 atom stereocenters. The molecule has 0 aromatic carbocycles. The number of ether oxygens (including phenoxy) is 1. The predicted molar refractivity (Wildman–Crippen MR) is 70.5 cm³/mol. The summed E-state index contributed by atoms with van der Waals surface area (Å²) in [5.41, 5.74) is -0.390. The minimum Gasteiger partial charge on any atom is -0.394 e. The summed E-state index contributed by atoms with van der Waals surface area (Å²) in [6.07, 6.45) is 2.87. The number of nitrogens with zero attached hydrogens (tertiary/aromatic N) is 1. The second kappa shape index (κ2) is 6.95. The lowest BCUT2D eigenvalue weighted by Gasteiger charge is -2.33. The molecule has 1 aliphatic rings. The Morgan fingerprint density at radius 2 is 2.28 bits per heavy atom.